The van der Waals surface area contributed by atoms with E-state index < -0.39 is 23.9 Å². The van der Waals surface area contributed by atoms with Crippen molar-refractivity contribution in [1.29, 1.82) is 0 Å². The number of hydrogen-bond donors (Lipinski definition) is 0. The van der Waals surface area contributed by atoms with Crippen LogP contribution in [0.5, 0.6) is 23.0 Å². The van der Waals surface area contributed by atoms with Gasteiger partial charge in [0.05, 0.1) is 24.3 Å². The molecule has 0 saturated carbocycles. The summed E-state index contributed by atoms with van der Waals surface area (Å²) in [6, 6.07) is 17.2. The maximum Gasteiger partial charge on any atom is 0.343 e. The zero-order valence-electron chi connectivity index (χ0n) is 22.6. The Labute approximate surface area is 237 Å². The fraction of sp³-hybridized carbons (Fsp3) is 0.188. The zero-order valence-corrected chi connectivity index (χ0v) is 22.6. The van der Waals surface area contributed by atoms with Gasteiger partial charge in [-0.2, -0.15) is 0 Å². The van der Waals surface area contributed by atoms with Crippen molar-refractivity contribution in [2.24, 2.45) is 0 Å². The Kier molecular flexibility index (Phi) is 11.4. The van der Waals surface area contributed by atoms with Gasteiger partial charge in [-0.3, -0.25) is 0 Å². The topological polar surface area (TPSA) is 114 Å². The van der Waals surface area contributed by atoms with Gasteiger partial charge in [0.25, 0.3) is 0 Å². The van der Waals surface area contributed by atoms with Crippen molar-refractivity contribution in [3.8, 4) is 23.0 Å². The molecule has 3 aromatic carbocycles. The molecule has 0 N–H and O–H groups in total. The zero-order chi connectivity index (χ0) is 29.6. The largest absolute Gasteiger partial charge is 0.494 e. The minimum Gasteiger partial charge on any atom is -0.494 e. The molecular weight excluding hydrogens is 528 g/mol. The molecule has 3 aromatic rings. The SMILES string of the molecule is C=CC(=O)OCCCCOc1ccc(C(=O)Oc2ccc(OC(=O)c3ccc(OC(=O)C=C)cc3)c(CC)c2)cc1. The maximum absolute atomic E-state index is 12.7. The fourth-order valence-corrected chi connectivity index (χ4v) is 3.45. The van der Waals surface area contributed by atoms with Gasteiger partial charge in [-0.15, -0.1) is 0 Å². The lowest BCUT2D eigenvalue weighted by atomic mass is 10.1. The summed E-state index contributed by atoms with van der Waals surface area (Å²) in [5.41, 5.74) is 1.27. The lowest BCUT2D eigenvalue weighted by Gasteiger charge is -2.12. The highest BCUT2D eigenvalue weighted by Gasteiger charge is 2.15. The van der Waals surface area contributed by atoms with Crippen LogP contribution in [0.1, 0.15) is 46.0 Å². The third kappa shape index (κ3) is 9.50. The summed E-state index contributed by atoms with van der Waals surface area (Å²) in [5, 5.41) is 0. The van der Waals surface area contributed by atoms with Gasteiger partial charge in [0.2, 0.25) is 0 Å². The molecule has 41 heavy (non-hydrogen) atoms. The summed E-state index contributed by atoms with van der Waals surface area (Å²) in [6.45, 7) is 9.29. The molecule has 0 spiro atoms. The number of carbonyl (C=O) groups excluding carboxylic acids is 4. The van der Waals surface area contributed by atoms with E-state index in [2.05, 4.69) is 13.2 Å². The van der Waals surface area contributed by atoms with Crippen LogP contribution in [0.3, 0.4) is 0 Å². The van der Waals surface area contributed by atoms with Gasteiger partial charge in [-0.1, -0.05) is 20.1 Å². The molecule has 0 atom stereocenters. The van der Waals surface area contributed by atoms with Gasteiger partial charge >= 0.3 is 23.9 Å². The maximum atomic E-state index is 12.7. The molecule has 212 valence electrons. The highest BCUT2D eigenvalue weighted by atomic mass is 16.5. The first kappa shape index (κ1) is 30.4. The van der Waals surface area contributed by atoms with Crippen molar-refractivity contribution in [2.75, 3.05) is 13.2 Å². The first-order chi connectivity index (χ1) is 19.8. The molecular formula is C32H30O9. The predicted molar refractivity (Wildman–Crippen MR) is 150 cm³/mol. The average molecular weight is 559 g/mol. The lowest BCUT2D eigenvalue weighted by molar-refractivity contribution is -0.138. The normalized spacial score (nSPS) is 10.2. The summed E-state index contributed by atoms with van der Waals surface area (Å²) < 4.78 is 26.6. The Bertz CT molecular complexity index is 1390. The Balaban J connectivity index is 1.52. The van der Waals surface area contributed by atoms with Gasteiger partial charge in [0.15, 0.2) is 0 Å². The second-order valence-corrected chi connectivity index (χ2v) is 8.50. The van der Waals surface area contributed by atoms with Crippen molar-refractivity contribution < 1.29 is 42.9 Å². The average Bonchev–Trinajstić information content (AvgIpc) is 2.99. The summed E-state index contributed by atoms with van der Waals surface area (Å²) in [5.74, 6) is -0.695. The summed E-state index contributed by atoms with van der Waals surface area (Å²) in [4.78, 5) is 47.6. The van der Waals surface area contributed by atoms with Crippen LogP contribution >= 0.6 is 0 Å². The molecule has 0 aliphatic heterocycles. The van der Waals surface area contributed by atoms with Crippen LogP contribution in [0.15, 0.2) is 92.0 Å². The van der Waals surface area contributed by atoms with Crippen molar-refractivity contribution in [3.05, 3.63) is 109 Å². The van der Waals surface area contributed by atoms with E-state index in [0.717, 1.165) is 12.2 Å². The number of carbonyl (C=O) groups is 4. The molecule has 0 saturated heterocycles. The van der Waals surface area contributed by atoms with Crippen molar-refractivity contribution in [2.45, 2.75) is 26.2 Å². The smallest absolute Gasteiger partial charge is 0.343 e. The van der Waals surface area contributed by atoms with Crippen molar-refractivity contribution in [1.82, 2.24) is 0 Å². The van der Waals surface area contributed by atoms with Crippen LogP contribution < -0.4 is 18.9 Å². The molecule has 0 fully saturated rings. The van der Waals surface area contributed by atoms with E-state index in [1.807, 2.05) is 6.92 Å². The Morgan fingerprint density at radius 3 is 1.83 bits per heavy atom. The molecule has 0 aliphatic carbocycles. The molecule has 0 amide bonds. The second-order valence-electron chi connectivity index (χ2n) is 8.50. The van der Waals surface area contributed by atoms with E-state index in [0.29, 0.717) is 60.9 Å². The van der Waals surface area contributed by atoms with Crippen LogP contribution in [0.2, 0.25) is 0 Å². The highest BCUT2D eigenvalue weighted by molar-refractivity contribution is 5.92. The molecule has 0 radical (unpaired) electrons. The first-order valence-corrected chi connectivity index (χ1v) is 12.9. The third-order valence-electron chi connectivity index (χ3n) is 5.61. The van der Waals surface area contributed by atoms with Crippen LogP contribution in [0.4, 0.5) is 0 Å². The minimum absolute atomic E-state index is 0.266. The highest BCUT2D eigenvalue weighted by Crippen LogP contribution is 2.27. The number of ether oxygens (including phenoxy) is 5. The summed E-state index contributed by atoms with van der Waals surface area (Å²) in [6.07, 6.45) is 4.03. The molecule has 9 heteroatoms. The van der Waals surface area contributed by atoms with Crippen LogP contribution in [0, 0.1) is 0 Å². The Morgan fingerprint density at radius 1 is 0.659 bits per heavy atom. The number of hydrogen-bond acceptors (Lipinski definition) is 9. The number of aryl methyl sites for hydroxylation is 1. The summed E-state index contributed by atoms with van der Waals surface area (Å²) in [7, 11) is 0. The number of unbranched alkanes of at least 4 members (excludes halogenated alkanes) is 1. The standard InChI is InChI=1S/C32H30O9/c1-4-22-21-27(17-18-28(22)41-32(36)24-11-15-26(16-12-24)39-30(34)6-3)40-31(35)23-9-13-25(14-10-23)37-19-7-8-20-38-29(33)5-2/h5-6,9-18,21H,2-4,7-8,19-20H2,1H3. The Hall–Kier alpha value is -5.18. The van der Waals surface area contributed by atoms with Crippen LogP contribution in [-0.4, -0.2) is 37.1 Å². The van der Waals surface area contributed by atoms with Crippen LogP contribution in [-0.2, 0) is 20.7 Å². The van der Waals surface area contributed by atoms with E-state index >= 15 is 0 Å². The quantitative estimate of drug-likeness (QED) is 0.107. The Morgan fingerprint density at radius 2 is 1.22 bits per heavy atom. The van der Waals surface area contributed by atoms with E-state index in [9.17, 15) is 19.2 Å². The van der Waals surface area contributed by atoms with E-state index in [1.54, 1.807) is 42.5 Å². The third-order valence-corrected chi connectivity index (χ3v) is 5.61. The van der Waals surface area contributed by atoms with E-state index in [1.165, 1.54) is 24.3 Å². The minimum atomic E-state index is -0.603. The van der Waals surface area contributed by atoms with Gasteiger partial charge in [-0.05, 0) is 91.6 Å². The van der Waals surface area contributed by atoms with E-state index in [4.69, 9.17) is 23.7 Å². The molecule has 0 unspecified atom stereocenters. The predicted octanol–water partition coefficient (Wildman–Crippen LogP) is 5.67. The van der Waals surface area contributed by atoms with E-state index in [-0.39, 0.29) is 11.3 Å². The van der Waals surface area contributed by atoms with Gasteiger partial charge in [-0.25, -0.2) is 19.2 Å². The van der Waals surface area contributed by atoms with Crippen molar-refractivity contribution >= 4 is 23.9 Å². The van der Waals surface area contributed by atoms with Gasteiger partial charge in [0, 0.05) is 12.2 Å². The number of benzene rings is 3. The van der Waals surface area contributed by atoms with Crippen LogP contribution in [0.25, 0.3) is 0 Å². The van der Waals surface area contributed by atoms with Crippen molar-refractivity contribution in [3.63, 3.8) is 0 Å². The summed E-state index contributed by atoms with van der Waals surface area (Å²) >= 11 is 0. The monoisotopic (exact) mass is 558 g/mol. The van der Waals surface area contributed by atoms with Gasteiger partial charge in [0.1, 0.15) is 23.0 Å². The molecule has 0 bridgehead atoms. The second kappa shape index (κ2) is 15.4. The molecule has 0 aromatic heterocycles. The molecule has 0 heterocycles. The lowest BCUT2D eigenvalue weighted by Crippen LogP contribution is -2.11. The molecule has 9 nitrogen and oxygen atoms in total. The fourth-order valence-electron chi connectivity index (χ4n) is 3.45. The first-order valence-electron chi connectivity index (χ1n) is 12.9. The number of rotatable bonds is 14. The van der Waals surface area contributed by atoms with Gasteiger partial charge < -0.3 is 23.7 Å². The number of esters is 4. The molecule has 3 rings (SSSR count). The molecule has 0 aliphatic rings.